The second-order valence-corrected chi connectivity index (χ2v) is 4.34. The van der Waals surface area contributed by atoms with Crippen molar-refractivity contribution in [3.05, 3.63) is 34.6 Å². The molecule has 0 aliphatic heterocycles. The van der Waals surface area contributed by atoms with Crippen LogP contribution < -0.4 is 10.1 Å². The lowest BCUT2D eigenvalue weighted by atomic mass is 10.3. The average molecular weight is 297 g/mol. The summed E-state index contributed by atoms with van der Waals surface area (Å²) in [6, 6.07) is 5.74. The summed E-state index contributed by atoms with van der Waals surface area (Å²) < 4.78 is 7.94. The van der Waals surface area contributed by atoms with Crippen molar-refractivity contribution in [2.45, 2.75) is 6.54 Å². The van der Waals surface area contributed by atoms with E-state index in [4.69, 9.17) is 4.74 Å². The molecule has 0 saturated carbocycles. The van der Waals surface area contributed by atoms with Crippen LogP contribution in [0.2, 0.25) is 0 Å². The number of rotatable bonds is 4. The number of hydrogen-bond donors (Lipinski definition) is 1. The lowest BCUT2D eigenvalue weighted by Gasteiger charge is -2.09. The molecule has 0 saturated heterocycles. The molecule has 0 amide bonds. The minimum Gasteiger partial charge on any atom is -0.497 e. The van der Waals surface area contributed by atoms with Crippen molar-refractivity contribution in [2.75, 3.05) is 14.2 Å². The minimum absolute atomic E-state index is 0.705. The van der Waals surface area contributed by atoms with Crippen molar-refractivity contribution < 1.29 is 4.74 Å². The quantitative estimate of drug-likeness (QED) is 0.934. The van der Waals surface area contributed by atoms with Crippen LogP contribution >= 0.6 is 15.9 Å². The first-order valence-electron chi connectivity index (χ1n) is 5.14. The molecule has 0 bridgehead atoms. The maximum atomic E-state index is 5.21. The van der Waals surface area contributed by atoms with Gasteiger partial charge in [-0.1, -0.05) is 5.21 Å². The Morgan fingerprint density at radius 1 is 1.47 bits per heavy atom. The van der Waals surface area contributed by atoms with Gasteiger partial charge in [0, 0.05) is 17.1 Å². The summed E-state index contributed by atoms with van der Waals surface area (Å²) in [5.74, 6) is 0.786. The van der Waals surface area contributed by atoms with Gasteiger partial charge in [0.1, 0.15) is 5.75 Å². The van der Waals surface area contributed by atoms with Gasteiger partial charge in [0.15, 0.2) is 0 Å². The molecule has 0 aliphatic rings. The highest BCUT2D eigenvalue weighted by Crippen LogP contribution is 2.26. The molecular weight excluding hydrogens is 284 g/mol. The lowest BCUT2D eigenvalue weighted by Crippen LogP contribution is -2.11. The van der Waals surface area contributed by atoms with Crippen LogP contribution in [0.1, 0.15) is 5.69 Å². The Morgan fingerprint density at radius 2 is 2.29 bits per heavy atom. The van der Waals surface area contributed by atoms with Gasteiger partial charge in [0.05, 0.1) is 24.7 Å². The Balaban J connectivity index is 2.47. The molecule has 1 N–H and O–H groups in total. The Morgan fingerprint density at radius 3 is 3.00 bits per heavy atom. The molecule has 2 aromatic rings. The van der Waals surface area contributed by atoms with Crippen LogP contribution in [0.5, 0.6) is 5.75 Å². The first-order chi connectivity index (χ1) is 8.26. The first-order valence-corrected chi connectivity index (χ1v) is 5.93. The second kappa shape index (κ2) is 5.29. The van der Waals surface area contributed by atoms with E-state index in [2.05, 4.69) is 31.6 Å². The van der Waals surface area contributed by atoms with Gasteiger partial charge < -0.3 is 10.1 Å². The number of aromatic nitrogens is 3. The van der Waals surface area contributed by atoms with E-state index in [1.807, 2.05) is 25.2 Å². The fourth-order valence-corrected chi connectivity index (χ4v) is 1.96. The van der Waals surface area contributed by atoms with Crippen LogP contribution in [0.15, 0.2) is 28.9 Å². The summed E-state index contributed by atoms with van der Waals surface area (Å²) >= 11 is 3.50. The first kappa shape index (κ1) is 12.1. The molecule has 5 nitrogen and oxygen atoms in total. The number of benzene rings is 1. The molecule has 0 unspecified atom stereocenters. The van der Waals surface area contributed by atoms with E-state index in [1.54, 1.807) is 18.0 Å². The number of ether oxygens (including phenoxy) is 1. The largest absolute Gasteiger partial charge is 0.497 e. The maximum Gasteiger partial charge on any atom is 0.121 e. The Hall–Kier alpha value is -1.40. The van der Waals surface area contributed by atoms with Crippen molar-refractivity contribution in [1.82, 2.24) is 20.3 Å². The van der Waals surface area contributed by atoms with Crippen LogP contribution in [-0.2, 0) is 6.54 Å². The summed E-state index contributed by atoms with van der Waals surface area (Å²) in [6.45, 7) is 0.705. The van der Waals surface area contributed by atoms with Gasteiger partial charge in [-0.2, -0.15) is 0 Å². The van der Waals surface area contributed by atoms with E-state index < -0.39 is 0 Å². The molecule has 1 aromatic heterocycles. The van der Waals surface area contributed by atoms with Crippen LogP contribution in [0, 0.1) is 0 Å². The van der Waals surface area contributed by atoms with Crippen molar-refractivity contribution in [1.29, 1.82) is 0 Å². The Kier molecular flexibility index (Phi) is 3.75. The van der Waals surface area contributed by atoms with E-state index in [0.29, 0.717) is 6.54 Å². The highest BCUT2D eigenvalue weighted by molar-refractivity contribution is 9.10. The molecule has 1 aromatic carbocycles. The summed E-state index contributed by atoms with van der Waals surface area (Å²) in [4.78, 5) is 0. The van der Waals surface area contributed by atoms with E-state index >= 15 is 0 Å². The van der Waals surface area contributed by atoms with E-state index in [0.717, 1.165) is 21.6 Å². The third-order valence-electron chi connectivity index (χ3n) is 2.36. The van der Waals surface area contributed by atoms with Crippen molar-refractivity contribution in [3.63, 3.8) is 0 Å². The van der Waals surface area contributed by atoms with Crippen LogP contribution in [-0.4, -0.2) is 29.2 Å². The lowest BCUT2D eigenvalue weighted by molar-refractivity contribution is 0.414. The van der Waals surface area contributed by atoms with E-state index in [9.17, 15) is 0 Å². The van der Waals surface area contributed by atoms with Gasteiger partial charge in [0.2, 0.25) is 0 Å². The summed E-state index contributed by atoms with van der Waals surface area (Å²) in [7, 11) is 3.53. The van der Waals surface area contributed by atoms with Gasteiger partial charge >= 0.3 is 0 Å². The SMILES string of the molecule is CNCc1cnnn1-c1cc(OC)ccc1Br. The maximum absolute atomic E-state index is 5.21. The predicted octanol–water partition coefficient (Wildman–Crippen LogP) is 1.76. The summed E-state index contributed by atoms with van der Waals surface area (Å²) in [5, 5.41) is 11.1. The van der Waals surface area contributed by atoms with Gasteiger partial charge in [-0.25, -0.2) is 4.68 Å². The number of methoxy groups -OCH3 is 1. The van der Waals surface area contributed by atoms with Crippen LogP contribution in [0.4, 0.5) is 0 Å². The van der Waals surface area contributed by atoms with Gasteiger partial charge in [-0.15, -0.1) is 5.10 Å². The topological polar surface area (TPSA) is 52.0 Å². The molecule has 90 valence electrons. The fourth-order valence-electron chi connectivity index (χ4n) is 1.54. The second-order valence-electron chi connectivity index (χ2n) is 3.48. The molecule has 0 fully saturated rings. The standard InChI is InChI=1S/C11H13BrN4O/c1-13-6-8-7-14-15-16(8)11-5-9(17-2)3-4-10(11)12/h3-5,7,13H,6H2,1-2H3. The number of nitrogens with one attached hydrogen (secondary N) is 1. The zero-order chi connectivity index (χ0) is 12.3. The highest BCUT2D eigenvalue weighted by atomic mass is 79.9. The van der Waals surface area contributed by atoms with Gasteiger partial charge in [0.25, 0.3) is 0 Å². The van der Waals surface area contributed by atoms with Crippen LogP contribution in [0.3, 0.4) is 0 Å². The molecule has 2 rings (SSSR count). The zero-order valence-corrected chi connectivity index (χ0v) is 11.2. The van der Waals surface area contributed by atoms with E-state index in [1.165, 1.54) is 0 Å². The molecule has 0 radical (unpaired) electrons. The summed E-state index contributed by atoms with van der Waals surface area (Å²) in [6.07, 6.45) is 1.74. The van der Waals surface area contributed by atoms with Gasteiger partial charge in [-0.05, 0) is 35.1 Å². The summed E-state index contributed by atoms with van der Waals surface area (Å²) in [5.41, 5.74) is 1.90. The van der Waals surface area contributed by atoms with Crippen molar-refractivity contribution in [2.24, 2.45) is 0 Å². The monoisotopic (exact) mass is 296 g/mol. The van der Waals surface area contributed by atoms with Crippen molar-refractivity contribution >= 4 is 15.9 Å². The molecule has 0 aliphatic carbocycles. The van der Waals surface area contributed by atoms with Gasteiger partial charge in [-0.3, -0.25) is 0 Å². The normalized spacial score (nSPS) is 10.5. The number of hydrogen-bond acceptors (Lipinski definition) is 4. The fraction of sp³-hybridized carbons (Fsp3) is 0.273. The Bertz CT molecular complexity index is 512. The highest BCUT2D eigenvalue weighted by Gasteiger charge is 2.10. The van der Waals surface area contributed by atoms with E-state index in [-0.39, 0.29) is 0 Å². The number of nitrogens with zero attached hydrogens (tertiary/aromatic N) is 3. The molecule has 17 heavy (non-hydrogen) atoms. The van der Waals surface area contributed by atoms with Crippen molar-refractivity contribution in [3.8, 4) is 11.4 Å². The van der Waals surface area contributed by atoms with Crippen LogP contribution in [0.25, 0.3) is 5.69 Å². The predicted molar refractivity (Wildman–Crippen MR) is 68.4 cm³/mol. The molecular formula is C11H13BrN4O. The average Bonchev–Trinajstić information content (AvgIpc) is 2.78. The zero-order valence-electron chi connectivity index (χ0n) is 9.64. The number of halogens is 1. The molecule has 0 spiro atoms. The Labute approximate surface area is 108 Å². The molecule has 1 heterocycles. The third-order valence-corrected chi connectivity index (χ3v) is 3.03. The minimum atomic E-state index is 0.705. The third kappa shape index (κ3) is 2.48. The smallest absolute Gasteiger partial charge is 0.121 e. The molecule has 6 heteroatoms. The molecule has 0 atom stereocenters.